The Kier molecular flexibility index (Phi) is 3.17. The van der Waals surface area contributed by atoms with Gasteiger partial charge in [-0.3, -0.25) is 0 Å². The van der Waals surface area contributed by atoms with Crippen LogP contribution < -0.4 is 33.2 Å². The van der Waals surface area contributed by atoms with Gasteiger partial charge in [0.25, 0.3) is 5.95 Å². The molecule has 0 atom stereocenters. The molecule has 0 saturated heterocycles. The smallest absolute Gasteiger partial charge is 0.336 e. The first kappa shape index (κ1) is 11.6. The molecule has 86 valence electrons. The van der Waals surface area contributed by atoms with Crippen molar-refractivity contribution in [1.82, 2.24) is 9.97 Å². The van der Waals surface area contributed by atoms with E-state index in [0.717, 1.165) is 0 Å². The van der Waals surface area contributed by atoms with Crippen LogP contribution in [0.25, 0.3) is 0 Å². The number of rotatable bonds is 2. The molecule has 10 heteroatoms. The lowest BCUT2D eigenvalue weighted by atomic mass is 10.5. The molecule has 0 saturated carbocycles. The largest absolute Gasteiger partial charge is 0.350 e. The number of carbonyl (C=O) groups is 2. The van der Waals surface area contributed by atoms with Crippen LogP contribution >= 0.6 is 0 Å². The van der Waals surface area contributed by atoms with Gasteiger partial charge in [0.15, 0.2) is 5.82 Å². The van der Waals surface area contributed by atoms with Crippen LogP contribution in [-0.2, 0) is 0 Å². The van der Waals surface area contributed by atoms with Gasteiger partial charge in [0.1, 0.15) is 0 Å². The van der Waals surface area contributed by atoms with Gasteiger partial charge in [-0.15, -0.1) is 0 Å². The summed E-state index contributed by atoms with van der Waals surface area (Å²) in [5.74, 6) is 10.3. The highest BCUT2D eigenvalue weighted by atomic mass is 16.2. The van der Waals surface area contributed by atoms with E-state index < -0.39 is 12.1 Å². The molecule has 0 fully saturated rings. The molecular weight excluding hydrogens is 216 g/mol. The second-order valence-electron chi connectivity index (χ2n) is 2.63. The number of aromatic nitrogens is 2. The van der Waals surface area contributed by atoms with E-state index in [1.165, 1.54) is 12.3 Å². The molecule has 1 aromatic heterocycles. The van der Waals surface area contributed by atoms with Crippen molar-refractivity contribution in [3.63, 3.8) is 0 Å². The van der Waals surface area contributed by atoms with Gasteiger partial charge in [0, 0.05) is 12.3 Å². The molecule has 0 radical (unpaired) electrons. The Balaban J connectivity index is 3.04. The molecule has 4 amide bonds. The lowest BCUT2D eigenvalue weighted by molar-refractivity contribution is 0.253. The van der Waals surface area contributed by atoms with Gasteiger partial charge in [0.2, 0.25) is 0 Å². The molecule has 0 unspecified atom stereocenters. The lowest BCUT2D eigenvalue weighted by Crippen LogP contribution is -2.44. The van der Waals surface area contributed by atoms with Crippen molar-refractivity contribution in [1.29, 1.82) is 0 Å². The van der Waals surface area contributed by atoms with E-state index in [4.69, 9.17) is 23.2 Å². The highest BCUT2D eigenvalue weighted by Crippen LogP contribution is 2.10. The van der Waals surface area contributed by atoms with Crippen molar-refractivity contribution in [3.05, 3.63) is 12.3 Å². The molecule has 10 nitrogen and oxygen atoms in total. The summed E-state index contributed by atoms with van der Waals surface area (Å²) in [6.45, 7) is 0. The number of anilines is 2. The SMILES string of the molecule is NC(=O)N(N)c1ccnc(N(N)C(N)=O)n1. The molecule has 0 aliphatic rings. The Hall–Kier alpha value is -2.46. The summed E-state index contributed by atoms with van der Waals surface area (Å²) in [4.78, 5) is 28.8. The Bertz CT molecular complexity index is 385. The third-order valence-corrected chi connectivity index (χ3v) is 1.57. The normalized spacial score (nSPS) is 9.62. The average Bonchev–Trinajstić information content (AvgIpc) is 2.26. The second kappa shape index (κ2) is 4.37. The van der Waals surface area contributed by atoms with E-state index in [-0.39, 0.29) is 11.8 Å². The van der Waals surface area contributed by atoms with Crippen LogP contribution in [0.3, 0.4) is 0 Å². The summed E-state index contributed by atoms with van der Waals surface area (Å²) < 4.78 is 0. The molecular formula is C6H10N8O2. The predicted molar refractivity (Wildman–Crippen MR) is 54.5 cm³/mol. The molecule has 1 rings (SSSR count). The van der Waals surface area contributed by atoms with E-state index >= 15 is 0 Å². The zero-order valence-corrected chi connectivity index (χ0v) is 8.07. The summed E-state index contributed by atoms with van der Waals surface area (Å²) in [6, 6.07) is -0.574. The summed E-state index contributed by atoms with van der Waals surface area (Å²) >= 11 is 0. The van der Waals surface area contributed by atoms with Crippen LogP contribution in [0.15, 0.2) is 12.3 Å². The van der Waals surface area contributed by atoms with Crippen LogP contribution in [0.4, 0.5) is 21.4 Å². The maximum Gasteiger partial charge on any atom is 0.336 e. The zero-order chi connectivity index (χ0) is 12.3. The number of nitrogens with two attached hydrogens (primary N) is 4. The van der Waals surface area contributed by atoms with Crippen LogP contribution in [-0.4, -0.2) is 22.0 Å². The Morgan fingerprint density at radius 2 is 1.69 bits per heavy atom. The van der Waals surface area contributed by atoms with Crippen molar-refractivity contribution in [2.75, 3.05) is 10.0 Å². The van der Waals surface area contributed by atoms with Gasteiger partial charge in [-0.1, -0.05) is 0 Å². The highest BCUT2D eigenvalue weighted by molar-refractivity contribution is 5.89. The maximum absolute atomic E-state index is 10.7. The number of nitrogens with zero attached hydrogens (tertiary/aromatic N) is 4. The summed E-state index contributed by atoms with van der Waals surface area (Å²) in [5, 5.41) is 1.07. The minimum absolute atomic E-state index is 0.0193. The van der Waals surface area contributed by atoms with Crippen molar-refractivity contribution in [3.8, 4) is 0 Å². The summed E-state index contributed by atoms with van der Waals surface area (Å²) in [7, 11) is 0. The highest BCUT2D eigenvalue weighted by Gasteiger charge is 2.14. The third-order valence-electron chi connectivity index (χ3n) is 1.57. The first-order valence-corrected chi connectivity index (χ1v) is 3.95. The van der Waals surface area contributed by atoms with Crippen molar-refractivity contribution in [2.45, 2.75) is 0 Å². The fourth-order valence-electron chi connectivity index (χ4n) is 0.801. The third kappa shape index (κ3) is 2.31. The van der Waals surface area contributed by atoms with Crippen LogP contribution in [0, 0.1) is 0 Å². The minimum atomic E-state index is -0.959. The van der Waals surface area contributed by atoms with Crippen LogP contribution in [0.2, 0.25) is 0 Å². The van der Waals surface area contributed by atoms with Gasteiger partial charge < -0.3 is 11.5 Å². The van der Waals surface area contributed by atoms with E-state index in [1.54, 1.807) is 0 Å². The monoisotopic (exact) mass is 226 g/mol. The molecule has 0 aliphatic carbocycles. The first-order valence-electron chi connectivity index (χ1n) is 3.95. The fraction of sp³-hybridized carbons (Fsp3) is 0. The van der Waals surface area contributed by atoms with Gasteiger partial charge in [-0.25, -0.2) is 31.3 Å². The fourth-order valence-corrected chi connectivity index (χ4v) is 0.801. The quantitative estimate of drug-likeness (QED) is 0.258. The Morgan fingerprint density at radius 3 is 2.19 bits per heavy atom. The maximum atomic E-state index is 10.7. The summed E-state index contributed by atoms with van der Waals surface area (Å²) in [5.41, 5.74) is 9.82. The number of urea groups is 2. The van der Waals surface area contributed by atoms with E-state index in [2.05, 4.69) is 9.97 Å². The minimum Gasteiger partial charge on any atom is -0.350 e. The van der Waals surface area contributed by atoms with Crippen LogP contribution in [0.5, 0.6) is 0 Å². The molecule has 8 N–H and O–H groups in total. The van der Waals surface area contributed by atoms with Gasteiger partial charge in [-0.05, 0) is 0 Å². The van der Waals surface area contributed by atoms with Crippen molar-refractivity contribution >= 4 is 23.8 Å². The molecule has 1 aromatic rings. The molecule has 0 aromatic carbocycles. The van der Waals surface area contributed by atoms with Crippen LogP contribution in [0.1, 0.15) is 0 Å². The summed E-state index contributed by atoms with van der Waals surface area (Å²) in [6.07, 6.45) is 1.24. The molecule has 1 heterocycles. The topological polar surface area (TPSA) is 170 Å². The standard InChI is InChI=1S/C6H10N8O2/c7-4(15)13(9)3-1-2-11-6(12-3)14(10)5(8)16/h1-2H,9-10H2,(H2,7,15)(H2,8,16). The number of hydrogen-bond donors (Lipinski definition) is 4. The predicted octanol–water partition coefficient (Wildman–Crippen LogP) is -2.01. The Labute approximate surface area is 89.7 Å². The van der Waals surface area contributed by atoms with E-state index in [0.29, 0.717) is 10.0 Å². The van der Waals surface area contributed by atoms with Gasteiger partial charge in [-0.2, -0.15) is 9.99 Å². The number of carbonyl (C=O) groups excluding carboxylic acids is 2. The number of primary amides is 2. The van der Waals surface area contributed by atoms with E-state index in [1.807, 2.05) is 0 Å². The first-order chi connectivity index (χ1) is 7.43. The number of hydrogen-bond acceptors (Lipinski definition) is 6. The van der Waals surface area contributed by atoms with Crippen molar-refractivity contribution < 1.29 is 9.59 Å². The molecule has 0 bridgehead atoms. The molecule has 16 heavy (non-hydrogen) atoms. The van der Waals surface area contributed by atoms with Gasteiger partial charge >= 0.3 is 12.1 Å². The Morgan fingerprint density at radius 1 is 1.12 bits per heavy atom. The van der Waals surface area contributed by atoms with Crippen molar-refractivity contribution in [2.24, 2.45) is 23.2 Å². The number of hydrazine groups is 2. The zero-order valence-electron chi connectivity index (χ0n) is 8.07. The van der Waals surface area contributed by atoms with Gasteiger partial charge in [0.05, 0.1) is 0 Å². The molecule has 0 spiro atoms. The lowest BCUT2D eigenvalue weighted by Gasteiger charge is -2.15. The average molecular weight is 226 g/mol. The molecule has 0 aliphatic heterocycles. The van der Waals surface area contributed by atoms with E-state index in [9.17, 15) is 9.59 Å². The second-order valence-corrected chi connectivity index (χ2v) is 2.63. The number of amides is 4.